The number of hydrogen-bond acceptors (Lipinski definition) is 4. The first-order valence-electron chi connectivity index (χ1n) is 5.04. The lowest BCUT2D eigenvalue weighted by molar-refractivity contribution is 0.274. The van der Waals surface area contributed by atoms with Crippen LogP contribution in [0.4, 0.5) is 0 Å². The molecule has 1 N–H and O–H groups in total. The Bertz CT molecular complexity index is 532. The van der Waals surface area contributed by atoms with Crippen molar-refractivity contribution in [2.45, 2.75) is 13.5 Å². The number of aromatic nitrogens is 2. The highest BCUT2D eigenvalue weighted by molar-refractivity contribution is 6.30. The number of benzene rings is 1. The topological polar surface area (TPSA) is 55.2 Å². The average Bonchev–Trinajstić information content (AvgIpc) is 2.34. The number of rotatable bonds is 3. The molecule has 0 radical (unpaired) electrons. The fraction of sp³-hybridized carbons (Fsp3) is 0.167. The van der Waals surface area contributed by atoms with Crippen LogP contribution < -0.4 is 4.74 Å². The van der Waals surface area contributed by atoms with Gasteiger partial charge in [-0.1, -0.05) is 17.7 Å². The molecule has 0 unspecified atom stereocenters. The Morgan fingerprint density at radius 3 is 3.00 bits per heavy atom. The molecule has 5 heteroatoms. The molecule has 0 fully saturated rings. The molecule has 17 heavy (non-hydrogen) atoms. The number of aliphatic hydroxyl groups is 1. The molecule has 1 aromatic heterocycles. The van der Waals surface area contributed by atoms with Crippen LogP contribution in [0.3, 0.4) is 0 Å². The zero-order valence-electron chi connectivity index (χ0n) is 9.22. The third kappa shape index (κ3) is 2.72. The molecule has 2 rings (SSSR count). The Morgan fingerprint density at radius 1 is 1.41 bits per heavy atom. The predicted molar refractivity (Wildman–Crippen MR) is 64.2 cm³/mol. The smallest absolute Gasteiger partial charge is 0.227 e. The highest BCUT2D eigenvalue weighted by atomic mass is 35.5. The Kier molecular flexibility index (Phi) is 3.56. The molecule has 0 aliphatic rings. The van der Waals surface area contributed by atoms with Crippen LogP contribution in [-0.4, -0.2) is 15.1 Å². The maximum atomic E-state index is 9.13. The van der Waals surface area contributed by atoms with Crippen molar-refractivity contribution >= 4 is 11.6 Å². The first-order valence-corrected chi connectivity index (χ1v) is 5.42. The van der Waals surface area contributed by atoms with Crippen molar-refractivity contribution in [2.75, 3.05) is 0 Å². The molecule has 4 nitrogen and oxygen atoms in total. The molecule has 88 valence electrons. The molecule has 0 aliphatic carbocycles. The van der Waals surface area contributed by atoms with Gasteiger partial charge in [0.1, 0.15) is 12.1 Å². The van der Waals surface area contributed by atoms with E-state index in [0.29, 0.717) is 22.2 Å². The van der Waals surface area contributed by atoms with Crippen LogP contribution in [0.1, 0.15) is 11.1 Å². The Morgan fingerprint density at radius 2 is 2.24 bits per heavy atom. The number of hydrogen-bond donors (Lipinski definition) is 1. The van der Waals surface area contributed by atoms with Crippen molar-refractivity contribution in [1.29, 1.82) is 0 Å². The van der Waals surface area contributed by atoms with Gasteiger partial charge in [0.2, 0.25) is 5.88 Å². The second kappa shape index (κ2) is 5.12. The van der Waals surface area contributed by atoms with Crippen molar-refractivity contribution in [3.8, 4) is 11.6 Å². The van der Waals surface area contributed by atoms with Gasteiger partial charge in [-0.15, -0.1) is 0 Å². The molecule has 1 heterocycles. The number of halogens is 1. The van der Waals surface area contributed by atoms with E-state index in [4.69, 9.17) is 21.4 Å². The summed E-state index contributed by atoms with van der Waals surface area (Å²) in [6, 6.07) is 5.36. The summed E-state index contributed by atoms with van der Waals surface area (Å²) in [4.78, 5) is 7.80. The fourth-order valence-corrected chi connectivity index (χ4v) is 1.50. The van der Waals surface area contributed by atoms with E-state index in [1.807, 2.05) is 13.0 Å². The van der Waals surface area contributed by atoms with Gasteiger partial charge in [0.25, 0.3) is 0 Å². The van der Waals surface area contributed by atoms with E-state index in [0.717, 1.165) is 5.56 Å². The minimum absolute atomic E-state index is 0.171. The summed E-state index contributed by atoms with van der Waals surface area (Å²) in [6.45, 7) is 1.74. The van der Waals surface area contributed by atoms with Gasteiger partial charge >= 0.3 is 0 Å². The summed E-state index contributed by atoms with van der Waals surface area (Å²) in [6.07, 6.45) is 2.89. The molecular weight excluding hydrogens is 240 g/mol. The van der Waals surface area contributed by atoms with Crippen molar-refractivity contribution in [3.63, 3.8) is 0 Å². The van der Waals surface area contributed by atoms with Crippen molar-refractivity contribution < 1.29 is 9.84 Å². The van der Waals surface area contributed by atoms with Crippen molar-refractivity contribution in [1.82, 2.24) is 9.97 Å². The van der Waals surface area contributed by atoms with Crippen LogP contribution in [0.15, 0.2) is 30.7 Å². The first kappa shape index (κ1) is 11.8. The van der Waals surface area contributed by atoms with Crippen LogP contribution >= 0.6 is 11.6 Å². The van der Waals surface area contributed by atoms with Crippen LogP contribution in [0.2, 0.25) is 5.02 Å². The van der Waals surface area contributed by atoms with Crippen molar-refractivity contribution in [2.24, 2.45) is 0 Å². The Labute approximate surface area is 104 Å². The molecule has 0 saturated heterocycles. The third-order valence-electron chi connectivity index (χ3n) is 2.27. The van der Waals surface area contributed by atoms with E-state index in [1.54, 1.807) is 12.1 Å². The Balaban J connectivity index is 2.34. The average molecular weight is 251 g/mol. The predicted octanol–water partition coefficient (Wildman–Crippen LogP) is 2.72. The SMILES string of the molecule is Cc1ccc(Cl)cc1Oc1ncncc1CO. The molecule has 0 spiro atoms. The fourth-order valence-electron chi connectivity index (χ4n) is 1.34. The highest BCUT2D eigenvalue weighted by Crippen LogP contribution is 2.28. The van der Waals surface area contributed by atoms with E-state index in [-0.39, 0.29) is 6.61 Å². The van der Waals surface area contributed by atoms with E-state index < -0.39 is 0 Å². The molecule has 0 saturated carbocycles. The minimum Gasteiger partial charge on any atom is -0.438 e. The number of ether oxygens (including phenoxy) is 1. The van der Waals surface area contributed by atoms with Gasteiger partial charge in [0, 0.05) is 11.2 Å². The van der Waals surface area contributed by atoms with Gasteiger partial charge in [0.05, 0.1) is 12.2 Å². The van der Waals surface area contributed by atoms with Gasteiger partial charge in [0.15, 0.2) is 0 Å². The van der Waals surface area contributed by atoms with Crippen LogP contribution in [0.5, 0.6) is 11.6 Å². The van der Waals surface area contributed by atoms with E-state index in [9.17, 15) is 0 Å². The zero-order valence-corrected chi connectivity index (χ0v) is 9.98. The quantitative estimate of drug-likeness (QED) is 0.910. The summed E-state index contributed by atoms with van der Waals surface area (Å²) < 4.78 is 5.62. The normalized spacial score (nSPS) is 10.3. The molecule has 2 aromatic rings. The van der Waals surface area contributed by atoms with Gasteiger partial charge in [-0.25, -0.2) is 9.97 Å². The number of aliphatic hydroxyl groups excluding tert-OH is 1. The summed E-state index contributed by atoms with van der Waals surface area (Å²) in [5, 5.41) is 9.72. The second-order valence-corrected chi connectivity index (χ2v) is 3.96. The summed E-state index contributed by atoms with van der Waals surface area (Å²) in [5.41, 5.74) is 1.48. The largest absolute Gasteiger partial charge is 0.438 e. The standard InChI is InChI=1S/C12H11ClN2O2/c1-8-2-3-10(13)4-11(8)17-12-9(6-16)5-14-7-15-12/h2-5,7,16H,6H2,1H3. The first-order chi connectivity index (χ1) is 8.20. The molecule has 0 atom stereocenters. The number of aryl methyl sites for hydroxylation is 1. The minimum atomic E-state index is -0.171. The Hall–Kier alpha value is -1.65. The van der Waals surface area contributed by atoms with Crippen LogP contribution in [-0.2, 0) is 6.61 Å². The van der Waals surface area contributed by atoms with Crippen LogP contribution in [0, 0.1) is 6.92 Å². The van der Waals surface area contributed by atoms with Crippen LogP contribution in [0.25, 0.3) is 0 Å². The summed E-state index contributed by atoms with van der Waals surface area (Å²) in [7, 11) is 0. The zero-order chi connectivity index (χ0) is 12.3. The van der Waals surface area contributed by atoms with Gasteiger partial charge < -0.3 is 9.84 Å². The third-order valence-corrected chi connectivity index (χ3v) is 2.51. The molecule has 1 aromatic carbocycles. The maximum absolute atomic E-state index is 9.13. The molecule has 0 amide bonds. The lowest BCUT2D eigenvalue weighted by Gasteiger charge is -2.10. The maximum Gasteiger partial charge on any atom is 0.227 e. The van der Waals surface area contributed by atoms with Gasteiger partial charge in [-0.05, 0) is 24.6 Å². The monoisotopic (exact) mass is 250 g/mol. The van der Waals surface area contributed by atoms with Crippen molar-refractivity contribution in [3.05, 3.63) is 46.9 Å². The van der Waals surface area contributed by atoms with Gasteiger partial charge in [-0.3, -0.25) is 0 Å². The number of nitrogens with zero attached hydrogens (tertiary/aromatic N) is 2. The molecular formula is C12H11ClN2O2. The molecule has 0 aliphatic heterocycles. The second-order valence-electron chi connectivity index (χ2n) is 3.52. The van der Waals surface area contributed by atoms with Gasteiger partial charge in [-0.2, -0.15) is 0 Å². The van der Waals surface area contributed by atoms with E-state index in [2.05, 4.69) is 9.97 Å². The van der Waals surface area contributed by atoms with E-state index in [1.165, 1.54) is 12.5 Å². The summed E-state index contributed by atoms with van der Waals surface area (Å²) in [5.74, 6) is 0.957. The van der Waals surface area contributed by atoms with E-state index >= 15 is 0 Å². The summed E-state index contributed by atoms with van der Waals surface area (Å²) >= 11 is 5.89. The molecule has 0 bridgehead atoms. The lowest BCUT2D eigenvalue weighted by atomic mass is 10.2. The highest BCUT2D eigenvalue weighted by Gasteiger charge is 2.08. The lowest BCUT2D eigenvalue weighted by Crippen LogP contribution is -1.96.